The van der Waals surface area contributed by atoms with E-state index in [1.54, 1.807) is 6.92 Å². The summed E-state index contributed by atoms with van der Waals surface area (Å²) >= 11 is 0. The van der Waals surface area contributed by atoms with E-state index < -0.39 is 0 Å². The smallest absolute Gasteiger partial charge is 0.308 e. The highest BCUT2D eigenvalue weighted by atomic mass is 16.7. The average Bonchev–Trinajstić information content (AvgIpc) is 2.84. The summed E-state index contributed by atoms with van der Waals surface area (Å²) in [5, 5.41) is 0. The van der Waals surface area contributed by atoms with Gasteiger partial charge in [-0.2, -0.15) is 0 Å². The van der Waals surface area contributed by atoms with Gasteiger partial charge in [-0.15, -0.1) is 0 Å². The fraction of sp³-hybridized carbons (Fsp3) is 0.500. The van der Waals surface area contributed by atoms with Gasteiger partial charge in [0.2, 0.25) is 6.79 Å². The van der Waals surface area contributed by atoms with Gasteiger partial charge in [-0.1, -0.05) is 0 Å². The Kier molecular flexibility index (Phi) is 3.29. The topological polar surface area (TPSA) is 54.0 Å². The van der Waals surface area contributed by atoms with Gasteiger partial charge in [-0.05, 0) is 36.6 Å². The summed E-state index contributed by atoms with van der Waals surface area (Å²) in [5.41, 5.74) is 2.16. The molecule has 1 aromatic carbocycles. The molecule has 3 rings (SSSR count). The van der Waals surface area contributed by atoms with Gasteiger partial charge >= 0.3 is 5.97 Å². The molecule has 2 aliphatic heterocycles. The monoisotopic (exact) mass is 264 g/mol. The van der Waals surface area contributed by atoms with Gasteiger partial charge in [0.25, 0.3) is 0 Å². The molecule has 0 fully saturated rings. The zero-order chi connectivity index (χ0) is 13.2. The van der Waals surface area contributed by atoms with Crippen molar-refractivity contribution in [2.45, 2.75) is 25.9 Å². The zero-order valence-electron chi connectivity index (χ0n) is 10.8. The summed E-state index contributed by atoms with van der Waals surface area (Å²) in [6.07, 6.45) is 0.809. The molecular weight excluding hydrogens is 248 g/mol. The Morgan fingerprint density at radius 2 is 2.16 bits per heavy atom. The summed E-state index contributed by atoms with van der Waals surface area (Å²) in [6, 6.07) is 3.90. The Hall–Kier alpha value is -1.75. The summed E-state index contributed by atoms with van der Waals surface area (Å²) < 4.78 is 21.4. The van der Waals surface area contributed by atoms with E-state index in [0.29, 0.717) is 13.2 Å². The van der Waals surface area contributed by atoms with Gasteiger partial charge in [0, 0.05) is 0 Å². The number of benzene rings is 1. The molecule has 0 saturated carbocycles. The van der Waals surface area contributed by atoms with E-state index in [4.69, 9.17) is 18.9 Å². The third kappa shape index (κ3) is 2.38. The van der Waals surface area contributed by atoms with E-state index in [1.807, 2.05) is 12.1 Å². The molecule has 2 aliphatic rings. The van der Waals surface area contributed by atoms with E-state index in [2.05, 4.69) is 0 Å². The first-order valence-electron chi connectivity index (χ1n) is 6.47. The van der Waals surface area contributed by atoms with E-state index >= 15 is 0 Å². The van der Waals surface area contributed by atoms with Gasteiger partial charge < -0.3 is 18.9 Å². The molecule has 5 nitrogen and oxygen atoms in total. The van der Waals surface area contributed by atoms with Crippen molar-refractivity contribution < 1.29 is 23.7 Å². The van der Waals surface area contributed by atoms with Crippen LogP contribution in [0.4, 0.5) is 0 Å². The van der Waals surface area contributed by atoms with Crippen molar-refractivity contribution in [3.8, 4) is 11.5 Å². The van der Waals surface area contributed by atoms with Gasteiger partial charge in [-0.25, -0.2) is 0 Å². The van der Waals surface area contributed by atoms with Gasteiger partial charge in [-0.3, -0.25) is 4.79 Å². The minimum atomic E-state index is -0.253. The second-order valence-corrected chi connectivity index (χ2v) is 4.52. The molecular formula is C14H16O5. The van der Waals surface area contributed by atoms with Gasteiger partial charge in [0.15, 0.2) is 11.5 Å². The molecule has 1 unspecified atom stereocenters. The molecule has 1 aromatic rings. The predicted molar refractivity (Wildman–Crippen MR) is 66.2 cm³/mol. The second kappa shape index (κ2) is 5.09. The maximum atomic E-state index is 11.6. The number of carbonyl (C=O) groups is 1. The van der Waals surface area contributed by atoms with Crippen LogP contribution in [0.3, 0.4) is 0 Å². The summed E-state index contributed by atoms with van der Waals surface area (Å²) in [5.74, 6) is 1.26. The predicted octanol–water partition coefficient (Wildman–Crippen LogP) is 1.98. The first kappa shape index (κ1) is 12.3. The van der Waals surface area contributed by atoms with Crippen LogP contribution in [0.1, 0.15) is 30.6 Å². The lowest BCUT2D eigenvalue weighted by Gasteiger charge is -2.25. The van der Waals surface area contributed by atoms with Crippen LogP contribution in [0.5, 0.6) is 11.5 Å². The van der Waals surface area contributed by atoms with Crippen LogP contribution in [-0.2, 0) is 20.7 Å². The molecule has 0 N–H and O–H groups in total. The number of carbonyl (C=O) groups excluding carboxylic acids is 1. The summed E-state index contributed by atoms with van der Waals surface area (Å²) in [7, 11) is 0. The van der Waals surface area contributed by atoms with Crippen LogP contribution in [0, 0.1) is 0 Å². The van der Waals surface area contributed by atoms with E-state index in [0.717, 1.165) is 29.0 Å². The first-order valence-corrected chi connectivity index (χ1v) is 6.47. The first-order chi connectivity index (χ1) is 9.28. The number of ether oxygens (including phenoxy) is 4. The van der Waals surface area contributed by atoms with Gasteiger partial charge in [0.05, 0.1) is 25.7 Å². The molecule has 0 amide bonds. The fourth-order valence-corrected chi connectivity index (χ4v) is 2.46. The lowest BCUT2D eigenvalue weighted by atomic mass is 9.95. The lowest BCUT2D eigenvalue weighted by Crippen LogP contribution is -2.20. The SMILES string of the molecule is CCOC(=O)CC1OCCc2cc3c(cc21)OCO3. The quantitative estimate of drug-likeness (QED) is 0.781. The van der Waals surface area contributed by atoms with Crippen LogP contribution in [0.2, 0.25) is 0 Å². The molecule has 1 atom stereocenters. The van der Waals surface area contributed by atoms with Crippen LogP contribution in [0.15, 0.2) is 12.1 Å². The highest BCUT2D eigenvalue weighted by Crippen LogP contribution is 2.40. The number of rotatable bonds is 3. The van der Waals surface area contributed by atoms with Crippen molar-refractivity contribution in [1.29, 1.82) is 0 Å². The standard InChI is InChI=1S/C14H16O5/c1-2-16-14(15)7-11-10-6-13-12(18-8-19-13)5-9(10)3-4-17-11/h5-6,11H,2-4,7-8H2,1H3. The second-order valence-electron chi connectivity index (χ2n) is 4.52. The minimum Gasteiger partial charge on any atom is -0.466 e. The third-order valence-electron chi connectivity index (χ3n) is 3.33. The number of hydrogen-bond donors (Lipinski definition) is 0. The molecule has 2 heterocycles. The average molecular weight is 264 g/mol. The van der Waals surface area contributed by atoms with Crippen molar-refractivity contribution in [3.63, 3.8) is 0 Å². The van der Waals surface area contributed by atoms with E-state index in [-0.39, 0.29) is 25.3 Å². The largest absolute Gasteiger partial charge is 0.466 e. The van der Waals surface area contributed by atoms with Crippen LogP contribution < -0.4 is 9.47 Å². The fourth-order valence-electron chi connectivity index (χ4n) is 2.46. The molecule has 0 aromatic heterocycles. The summed E-state index contributed by atoms with van der Waals surface area (Å²) in [6.45, 7) is 3.05. The summed E-state index contributed by atoms with van der Waals surface area (Å²) in [4.78, 5) is 11.6. The van der Waals surface area contributed by atoms with Crippen molar-refractivity contribution in [1.82, 2.24) is 0 Å². The Bertz CT molecular complexity index is 497. The Balaban J connectivity index is 1.85. The third-order valence-corrected chi connectivity index (χ3v) is 3.33. The molecule has 0 spiro atoms. The highest BCUT2D eigenvalue weighted by Gasteiger charge is 2.27. The molecule has 0 radical (unpaired) electrons. The Labute approximate surface area is 111 Å². The number of esters is 1. The maximum absolute atomic E-state index is 11.6. The lowest BCUT2D eigenvalue weighted by molar-refractivity contribution is -0.146. The maximum Gasteiger partial charge on any atom is 0.308 e. The molecule has 102 valence electrons. The Morgan fingerprint density at radius 1 is 1.37 bits per heavy atom. The minimum absolute atomic E-state index is 0.237. The van der Waals surface area contributed by atoms with Crippen molar-refractivity contribution in [3.05, 3.63) is 23.3 Å². The van der Waals surface area contributed by atoms with Crippen LogP contribution >= 0.6 is 0 Å². The van der Waals surface area contributed by atoms with Crippen molar-refractivity contribution in [2.24, 2.45) is 0 Å². The van der Waals surface area contributed by atoms with Crippen LogP contribution in [-0.4, -0.2) is 26.0 Å². The molecule has 0 bridgehead atoms. The Morgan fingerprint density at radius 3 is 2.95 bits per heavy atom. The van der Waals surface area contributed by atoms with Crippen molar-refractivity contribution >= 4 is 5.97 Å². The number of fused-ring (bicyclic) bond motifs is 2. The normalized spacial score (nSPS) is 19.9. The molecule has 0 saturated heterocycles. The van der Waals surface area contributed by atoms with Crippen molar-refractivity contribution in [2.75, 3.05) is 20.0 Å². The van der Waals surface area contributed by atoms with E-state index in [9.17, 15) is 4.79 Å². The van der Waals surface area contributed by atoms with E-state index in [1.165, 1.54) is 0 Å². The van der Waals surface area contributed by atoms with Gasteiger partial charge in [0.1, 0.15) is 0 Å². The molecule has 19 heavy (non-hydrogen) atoms. The highest BCUT2D eigenvalue weighted by molar-refractivity contribution is 5.70. The number of hydrogen-bond acceptors (Lipinski definition) is 5. The zero-order valence-corrected chi connectivity index (χ0v) is 10.8. The molecule has 5 heteroatoms. The molecule has 0 aliphatic carbocycles. The van der Waals surface area contributed by atoms with Crippen LogP contribution in [0.25, 0.3) is 0 Å².